The Hall–Kier alpha value is -1.49. The van der Waals surface area contributed by atoms with E-state index in [2.05, 4.69) is 20.6 Å². The third kappa shape index (κ3) is 3.04. The van der Waals surface area contributed by atoms with Crippen molar-refractivity contribution in [3.8, 4) is 0 Å². The van der Waals surface area contributed by atoms with Gasteiger partial charge in [-0.15, -0.1) is 0 Å². The largest absolute Gasteiger partial charge is 0.350 e. The van der Waals surface area contributed by atoms with Gasteiger partial charge in [0.1, 0.15) is 0 Å². The first-order chi connectivity index (χ1) is 8.60. The lowest BCUT2D eigenvalue weighted by atomic mass is 9.80. The topological polar surface area (TPSA) is 66.9 Å². The van der Waals surface area contributed by atoms with Crippen LogP contribution in [0.5, 0.6) is 0 Å². The van der Waals surface area contributed by atoms with Gasteiger partial charge in [0, 0.05) is 11.6 Å². The minimum absolute atomic E-state index is 0.117. The van der Waals surface area contributed by atoms with Gasteiger partial charge in [-0.3, -0.25) is 14.8 Å². The van der Waals surface area contributed by atoms with E-state index >= 15 is 0 Å². The van der Waals surface area contributed by atoms with E-state index in [0.29, 0.717) is 6.54 Å². The molecule has 0 atom stereocenters. The van der Waals surface area contributed by atoms with Crippen LogP contribution in [0.1, 0.15) is 31.2 Å². The maximum absolute atomic E-state index is 12.2. The number of aryl methyl sites for hydroxylation is 1. The van der Waals surface area contributed by atoms with Crippen molar-refractivity contribution in [1.29, 1.82) is 0 Å². The zero-order valence-electron chi connectivity index (χ0n) is 11.0. The van der Waals surface area contributed by atoms with Gasteiger partial charge in [-0.1, -0.05) is 6.92 Å². The summed E-state index contributed by atoms with van der Waals surface area (Å²) in [4.78, 5) is 20.6. The summed E-state index contributed by atoms with van der Waals surface area (Å²) in [5, 5.41) is 6.23. The minimum atomic E-state index is -0.247. The van der Waals surface area contributed by atoms with Gasteiger partial charge in [0.15, 0.2) is 0 Å². The average molecular weight is 248 g/mol. The molecule has 5 heteroatoms. The Bertz CT molecular complexity index is 410. The van der Waals surface area contributed by atoms with E-state index in [1.807, 2.05) is 13.8 Å². The Labute approximate surface area is 107 Å². The second-order valence-corrected chi connectivity index (χ2v) is 5.14. The normalized spacial score (nSPS) is 18.3. The zero-order valence-corrected chi connectivity index (χ0v) is 11.0. The lowest BCUT2D eigenvalue weighted by molar-refractivity contribution is -0.131. The molecule has 1 aromatic rings. The molecule has 0 bridgehead atoms. The number of piperidine rings is 1. The fourth-order valence-corrected chi connectivity index (χ4v) is 2.10. The second-order valence-electron chi connectivity index (χ2n) is 5.14. The van der Waals surface area contributed by atoms with Gasteiger partial charge in [0.2, 0.25) is 5.91 Å². The molecule has 2 heterocycles. The van der Waals surface area contributed by atoms with Crippen LogP contribution in [0.4, 0.5) is 0 Å². The highest BCUT2D eigenvalue weighted by molar-refractivity contribution is 5.82. The molecule has 98 valence electrons. The number of carbonyl (C=O) groups excluding carboxylic acids is 1. The monoisotopic (exact) mass is 248 g/mol. The zero-order chi connectivity index (χ0) is 13.0. The molecule has 0 aliphatic carbocycles. The molecular weight excluding hydrogens is 228 g/mol. The van der Waals surface area contributed by atoms with Gasteiger partial charge in [-0.25, -0.2) is 0 Å². The van der Waals surface area contributed by atoms with E-state index in [4.69, 9.17) is 0 Å². The van der Waals surface area contributed by atoms with Crippen LogP contribution in [-0.2, 0) is 11.3 Å². The fraction of sp³-hybridized carbons (Fsp3) is 0.615. The van der Waals surface area contributed by atoms with E-state index in [1.165, 1.54) is 0 Å². The van der Waals surface area contributed by atoms with Gasteiger partial charge < -0.3 is 10.6 Å². The lowest BCUT2D eigenvalue weighted by Gasteiger charge is -2.32. The minimum Gasteiger partial charge on any atom is -0.350 e. The van der Waals surface area contributed by atoms with Crippen molar-refractivity contribution in [2.24, 2.45) is 5.41 Å². The van der Waals surface area contributed by atoms with Gasteiger partial charge >= 0.3 is 0 Å². The van der Waals surface area contributed by atoms with Crippen LogP contribution in [0.3, 0.4) is 0 Å². The molecule has 0 unspecified atom stereocenters. The highest BCUT2D eigenvalue weighted by Crippen LogP contribution is 2.27. The quantitative estimate of drug-likeness (QED) is 0.830. The smallest absolute Gasteiger partial charge is 0.226 e. The summed E-state index contributed by atoms with van der Waals surface area (Å²) in [6, 6.07) is 0. The lowest BCUT2D eigenvalue weighted by Crippen LogP contribution is -2.45. The van der Waals surface area contributed by atoms with Crippen LogP contribution in [0.25, 0.3) is 0 Å². The summed E-state index contributed by atoms with van der Waals surface area (Å²) in [5.41, 5.74) is 1.44. The molecule has 0 saturated carbocycles. The molecule has 0 radical (unpaired) electrons. The molecule has 0 spiro atoms. The summed E-state index contributed by atoms with van der Waals surface area (Å²) in [6.07, 6.45) is 5.20. The number of hydrogen-bond acceptors (Lipinski definition) is 4. The van der Waals surface area contributed by atoms with E-state index in [-0.39, 0.29) is 11.3 Å². The van der Waals surface area contributed by atoms with Crippen LogP contribution in [0, 0.1) is 12.3 Å². The maximum atomic E-state index is 12.2. The molecule has 0 aromatic carbocycles. The van der Waals surface area contributed by atoms with Crippen LogP contribution >= 0.6 is 0 Å². The number of rotatable bonds is 3. The first kappa shape index (κ1) is 13.0. The highest BCUT2D eigenvalue weighted by Gasteiger charge is 2.34. The fourth-order valence-electron chi connectivity index (χ4n) is 2.10. The molecule has 2 rings (SSSR count). The first-order valence-corrected chi connectivity index (χ1v) is 6.37. The average Bonchev–Trinajstić information content (AvgIpc) is 2.38. The van der Waals surface area contributed by atoms with Crippen molar-refractivity contribution in [2.45, 2.75) is 33.2 Å². The predicted octanol–water partition coefficient (Wildman–Crippen LogP) is 0.791. The number of aromatic nitrogens is 2. The molecule has 1 aliphatic heterocycles. The van der Waals surface area contributed by atoms with Gasteiger partial charge in [-0.2, -0.15) is 0 Å². The Morgan fingerprint density at radius 1 is 1.39 bits per heavy atom. The molecular formula is C13H20N4O. The molecule has 1 amide bonds. The highest BCUT2D eigenvalue weighted by atomic mass is 16.2. The van der Waals surface area contributed by atoms with Gasteiger partial charge in [-0.05, 0) is 32.9 Å². The van der Waals surface area contributed by atoms with Gasteiger partial charge in [0.05, 0.1) is 24.1 Å². The van der Waals surface area contributed by atoms with Crippen LogP contribution < -0.4 is 10.6 Å². The summed E-state index contributed by atoms with van der Waals surface area (Å²) < 4.78 is 0. The third-order valence-corrected chi connectivity index (χ3v) is 3.52. The van der Waals surface area contributed by atoms with E-state index in [9.17, 15) is 4.79 Å². The van der Waals surface area contributed by atoms with Crippen LogP contribution in [0.15, 0.2) is 12.4 Å². The van der Waals surface area contributed by atoms with Gasteiger partial charge in [0.25, 0.3) is 0 Å². The summed E-state index contributed by atoms with van der Waals surface area (Å²) in [7, 11) is 0. The number of nitrogens with zero attached hydrogens (tertiary/aromatic N) is 2. The predicted molar refractivity (Wildman–Crippen MR) is 68.8 cm³/mol. The molecule has 1 fully saturated rings. The van der Waals surface area contributed by atoms with Crippen molar-refractivity contribution < 1.29 is 4.79 Å². The number of nitrogens with one attached hydrogen (secondary N) is 2. The Morgan fingerprint density at radius 3 is 2.72 bits per heavy atom. The Kier molecular flexibility index (Phi) is 3.91. The summed E-state index contributed by atoms with van der Waals surface area (Å²) in [5.74, 6) is 0.117. The Morgan fingerprint density at radius 2 is 2.11 bits per heavy atom. The van der Waals surface area contributed by atoms with Crippen molar-refractivity contribution >= 4 is 5.91 Å². The maximum Gasteiger partial charge on any atom is 0.226 e. The Balaban J connectivity index is 1.89. The van der Waals surface area contributed by atoms with Crippen molar-refractivity contribution in [3.05, 3.63) is 23.8 Å². The summed E-state index contributed by atoms with van der Waals surface area (Å²) >= 11 is 0. The molecule has 2 N–H and O–H groups in total. The molecule has 1 saturated heterocycles. The SMILES string of the molecule is Cc1cnc(CNC(=O)C2(C)CCNCC2)cn1. The first-order valence-electron chi connectivity index (χ1n) is 6.37. The standard InChI is InChI=1S/C13H20N4O/c1-10-7-16-11(8-15-10)9-17-12(18)13(2)3-5-14-6-4-13/h7-8,14H,3-6,9H2,1-2H3,(H,17,18). The van der Waals surface area contributed by atoms with Crippen LogP contribution in [-0.4, -0.2) is 29.0 Å². The van der Waals surface area contributed by atoms with Crippen molar-refractivity contribution in [3.63, 3.8) is 0 Å². The van der Waals surface area contributed by atoms with E-state index in [0.717, 1.165) is 37.3 Å². The second kappa shape index (κ2) is 5.44. The molecule has 18 heavy (non-hydrogen) atoms. The van der Waals surface area contributed by atoms with Crippen LogP contribution in [0.2, 0.25) is 0 Å². The molecule has 1 aromatic heterocycles. The molecule has 1 aliphatic rings. The number of carbonyl (C=O) groups is 1. The third-order valence-electron chi connectivity index (χ3n) is 3.52. The molecule has 5 nitrogen and oxygen atoms in total. The number of hydrogen-bond donors (Lipinski definition) is 2. The summed E-state index contributed by atoms with van der Waals surface area (Å²) in [6.45, 7) is 6.20. The number of amides is 1. The van der Waals surface area contributed by atoms with Crippen molar-refractivity contribution in [2.75, 3.05) is 13.1 Å². The van der Waals surface area contributed by atoms with E-state index < -0.39 is 0 Å². The van der Waals surface area contributed by atoms with Crippen molar-refractivity contribution in [1.82, 2.24) is 20.6 Å². The van der Waals surface area contributed by atoms with E-state index in [1.54, 1.807) is 12.4 Å².